The van der Waals surface area contributed by atoms with Crippen LogP contribution in [0.25, 0.3) is 11.1 Å². The number of carbonyl (C=O) groups is 2. The fourth-order valence-corrected chi connectivity index (χ4v) is 4.49. The Labute approximate surface area is 163 Å². The quantitative estimate of drug-likeness (QED) is 0.799. The number of hydrogen-bond donors (Lipinski definition) is 1. The number of hydrogen-bond acceptors (Lipinski definition) is 3. The maximum atomic E-state index is 13.3. The summed E-state index contributed by atoms with van der Waals surface area (Å²) in [6, 6.07) is 11.6. The predicted molar refractivity (Wildman–Crippen MR) is 105 cm³/mol. The van der Waals surface area contributed by atoms with Crippen molar-refractivity contribution < 1.29 is 14.3 Å². The number of rotatable bonds is 2. The van der Waals surface area contributed by atoms with Gasteiger partial charge in [-0.15, -0.1) is 0 Å². The van der Waals surface area contributed by atoms with Crippen LogP contribution in [0.4, 0.5) is 0 Å². The van der Waals surface area contributed by atoms with Gasteiger partial charge in [0.2, 0.25) is 5.91 Å². The summed E-state index contributed by atoms with van der Waals surface area (Å²) >= 11 is 6.01. The second kappa shape index (κ2) is 6.77. The number of ketones is 1. The monoisotopic (exact) mass is 383 g/mol. The van der Waals surface area contributed by atoms with Crippen molar-refractivity contribution in [3.05, 3.63) is 58.1 Å². The van der Waals surface area contributed by atoms with E-state index in [1.165, 1.54) is 0 Å². The van der Waals surface area contributed by atoms with Crippen LogP contribution in [0.5, 0.6) is 0 Å². The zero-order valence-corrected chi connectivity index (χ0v) is 16.2. The molecule has 2 aromatic rings. The first-order valence-electron chi connectivity index (χ1n) is 9.23. The average Bonchev–Trinajstić information content (AvgIpc) is 2.88. The van der Waals surface area contributed by atoms with E-state index in [-0.39, 0.29) is 18.3 Å². The molecule has 0 saturated carbocycles. The van der Waals surface area contributed by atoms with Gasteiger partial charge in [-0.3, -0.25) is 9.59 Å². The van der Waals surface area contributed by atoms with Crippen LogP contribution in [0, 0.1) is 13.8 Å². The van der Waals surface area contributed by atoms with Gasteiger partial charge in [-0.25, -0.2) is 0 Å². The molecule has 4 rings (SSSR count). The first-order valence-corrected chi connectivity index (χ1v) is 9.61. The van der Waals surface area contributed by atoms with Crippen molar-refractivity contribution in [2.24, 2.45) is 0 Å². The molecule has 1 amide bonds. The minimum atomic E-state index is -0.866. The second-order valence-corrected chi connectivity index (χ2v) is 7.94. The number of halogens is 1. The van der Waals surface area contributed by atoms with Crippen LogP contribution in [0.3, 0.4) is 0 Å². The van der Waals surface area contributed by atoms with Crippen molar-refractivity contribution >= 4 is 23.3 Å². The molecule has 0 aromatic heterocycles. The predicted octanol–water partition coefficient (Wildman–Crippen LogP) is 3.96. The second-order valence-electron chi connectivity index (χ2n) is 7.50. The summed E-state index contributed by atoms with van der Waals surface area (Å²) in [5.74, 6) is -1.06. The number of benzene rings is 2. The van der Waals surface area contributed by atoms with Crippen LogP contribution in [-0.4, -0.2) is 30.4 Å². The Balaban J connectivity index is 1.79. The lowest BCUT2D eigenvalue weighted by molar-refractivity contribution is -0.128. The molecule has 2 aliphatic heterocycles. The normalized spacial score (nSPS) is 25.1. The van der Waals surface area contributed by atoms with Crippen LogP contribution in [0.1, 0.15) is 35.4 Å². The molecule has 5 heteroatoms. The van der Waals surface area contributed by atoms with Gasteiger partial charge in [0.05, 0.1) is 6.61 Å². The van der Waals surface area contributed by atoms with Gasteiger partial charge in [-0.1, -0.05) is 35.9 Å². The van der Waals surface area contributed by atoms with Crippen LogP contribution in [0.2, 0.25) is 5.02 Å². The SMILES string of the molecule is Cc1ccc(-c2ccc(Cl)cc2)c(C)c1C1C(=O)NC2(CCCOC2)C1=O. The van der Waals surface area contributed by atoms with Crippen LogP contribution >= 0.6 is 11.6 Å². The summed E-state index contributed by atoms with van der Waals surface area (Å²) in [7, 11) is 0. The first-order chi connectivity index (χ1) is 12.9. The zero-order valence-electron chi connectivity index (χ0n) is 15.5. The topological polar surface area (TPSA) is 55.4 Å². The number of amides is 1. The molecule has 2 saturated heterocycles. The van der Waals surface area contributed by atoms with Crippen molar-refractivity contribution in [3.8, 4) is 11.1 Å². The number of Topliss-reactive ketones (excluding diaryl/α,β-unsaturated/α-hetero) is 1. The molecule has 140 valence electrons. The molecule has 0 aliphatic carbocycles. The van der Waals surface area contributed by atoms with Gasteiger partial charge in [-0.05, 0) is 66.6 Å². The molecule has 2 atom stereocenters. The number of ether oxygens (including phenoxy) is 1. The fourth-order valence-electron chi connectivity index (χ4n) is 4.36. The van der Waals surface area contributed by atoms with Gasteiger partial charge in [0.25, 0.3) is 0 Å². The third kappa shape index (κ3) is 2.97. The Morgan fingerprint density at radius 2 is 1.85 bits per heavy atom. The van der Waals surface area contributed by atoms with Gasteiger partial charge in [-0.2, -0.15) is 0 Å². The van der Waals surface area contributed by atoms with E-state index >= 15 is 0 Å². The molecule has 2 aromatic carbocycles. The Morgan fingerprint density at radius 1 is 1.11 bits per heavy atom. The van der Waals surface area contributed by atoms with Gasteiger partial charge in [0.1, 0.15) is 11.5 Å². The van der Waals surface area contributed by atoms with Crippen LogP contribution in [0.15, 0.2) is 36.4 Å². The summed E-state index contributed by atoms with van der Waals surface area (Å²) in [4.78, 5) is 26.2. The molecule has 2 unspecified atom stereocenters. The average molecular weight is 384 g/mol. The molecule has 4 nitrogen and oxygen atoms in total. The summed E-state index contributed by atoms with van der Waals surface area (Å²) in [5, 5.41) is 3.63. The summed E-state index contributed by atoms with van der Waals surface area (Å²) in [6.45, 7) is 4.84. The highest BCUT2D eigenvalue weighted by atomic mass is 35.5. The molecule has 2 heterocycles. The van der Waals surface area contributed by atoms with Crippen molar-refractivity contribution in [3.63, 3.8) is 0 Å². The zero-order chi connectivity index (χ0) is 19.2. The van der Waals surface area contributed by atoms with Crippen molar-refractivity contribution in [2.45, 2.75) is 38.1 Å². The van der Waals surface area contributed by atoms with E-state index in [9.17, 15) is 9.59 Å². The largest absolute Gasteiger partial charge is 0.379 e. The van der Waals surface area contributed by atoms with E-state index in [4.69, 9.17) is 16.3 Å². The third-order valence-corrected chi connectivity index (χ3v) is 6.03. The summed E-state index contributed by atoms with van der Waals surface area (Å²) in [5.41, 5.74) is 3.88. The fraction of sp³-hybridized carbons (Fsp3) is 0.364. The molecule has 0 bridgehead atoms. The van der Waals surface area contributed by atoms with Crippen LogP contribution < -0.4 is 5.32 Å². The van der Waals surface area contributed by atoms with E-state index < -0.39 is 11.5 Å². The highest BCUT2D eigenvalue weighted by Crippen LogP contribution is 2.39. The molecular formula is C22H22ClNO3. The van der Waals surface area contributed by atoms with E-state index in [2.05, 4.69) is 5.32 Å². The van der Waals surface area contributed by atoms with E-state index in [1.807, 2.05) is 50.2 Å². The Kier molecular flexibility index (Phi) is 4.57. The third-order valence-electron chi connectivity index (χ3n) is 5.78. The molecule has 2 aliphatic rings. The van der Waals surface area contributed by atoms with Crippen molar-refractivity contribution in [1.82, 2.24) is 5.32 Å². The smallest absolute Gasteiger partial charge is 0.236 e. The van der Waals surface area contributed by atoms with E-state index in [0.29, 0.717) is 18.1 Å². The minimum absolute atomic E-state index is 0.0633. The highest BCUT2D eigenvalue weighted by Gasteiger charge is 2.54. The number of carbonyl (C=O) groups excluding carboxylic acids is 2. The lowest BCUT2D eigenvalue weighted by Gasteiger charge is -2.31. The summed E-state index contributed by atoms with van der Waals surface area (Å²) < 4.78 is 5.53. The van der Waals surface area contributed by atoms with E-state index in [0.717, 1.165) is 34.2 Å². The number of aryl methyl sites for hydroxylation is 1. The molecule has 0 radical (unpaired) electrons. The van der Waals surface area contributed by atoms with E-state index in [1.54, 1.807) is 0 Å². The molecule has 1 spiro atoms. The Morgan fingerprint density at radius 3 is 2.52 bits per heavy atom. The highest BCUT2D eigenvalue weighted by molar-refractivity contribution is 6.30. The molecule has 1 N–H and O–H groups in total. The minimum Gasteiger partial charge on any atom is -0.379 e. The standard InChI is InChI=1S/C22H22ClNO3/c1-13-4-9-17(15-5-7-16(23)8-6-15)14(2)18(13)19-20(25)22(24-21(19)26)10-3-11-27-12-22/h4-9,19H,3,10-12H2,1-2H3,(H,24,26). The van der Waals surface area contributed by atoms with Gasteiger partial charge < -0.3 is 10.1 Å². The molecular weight excluding hydrogens is 362 g/mol. The lowest BCUT2D eigenvalue weighted by Crippen LogP contribution is -2.52. The maximum absolute atomic E-state index is 13.3. The van der Waals surface area contributed by atoms with Gasteiger partial charge >= 0.3 is 0 Å². The molecule has 27 heavy (non-hydrogen) atoms. The van der Waals surface area contributed by atoms with Crippen molar-refractivity contribution in [2.75, 3.05) is 13.2 Å². The summed E-state index contributed by atoms with van der Waals surface area (Å²) in [6.07, 6.45) is 1.42. The maximum Gasteiger partial charge on any atom is 0.236 e. The first kappa shape index (κ1) is 18.2. The Hall–Kier alpha value is -2.17. The lowest BCUT2D eigenvalue weighted by atomic mass is 9.79. The van der Waals surface area contributed by atoms with Crippen molar-refractivity contribution in [1.29, 1.82) is 0 Å². The number of nitrogens with one attached hydrogen (secondary N) is 1. The Bertz CT molecular complexity index is 914. The molecule has 2 fully saturated rings. The van der Waals surface area contributed by atoms with Crippen LogP contribution in [-0.2, 0) is 14.3 Å². The van der Waals surface area contributed by atoms with Gasteiger partial charge in [0.15, 0.2) is 5.78 Å². The van der Waals surface area contributed by atoms with Gasteiger partial charge in [0, 0.05) is 11.6 Å².